The van der Waals surface area contributed by atoms with Crippen LogP contribution in [0.3, 0.4) is 0 Å². The van der Waals surface area contributed by atoms with Crippen LogP contribution in [0.25, 0.3) is 21.8 Å². The maximum Gasteiger partial charge on any atom is 0.246 e. The van der Waals surface area contributed by atoms with Crippen LogP contribution >= 0.6 is 11.8 Å². The van der Waals surface area contributed by atoms with Crippen molar-refractivity contribution in [1.29, 1.82) is 0 Å². The Kier molecular flexibility index (Phi) is 37.6. The molecular weight excluding hydrogens is 1750 g/mol. The lowest BCUT2D eigenvalue weighted by molar-refractivity contribution is -0.149. The minimum absolute atomic E-state index is 0.00378. The second-order valence-corrected chi connectivity index (χ2v) is 34.6. The normalized spacial score (nSPS) is 25.0. The van der Waals surface area contributed by atoms with E-state index in [0.717, 1.165) is 36.3 Å². The van der Waals surface area contributed by atoms with Crippen molar-refractivity contribution in [2.45, 2.75) is 221 Å². The van der Waals surface area contributed by atoms with Gasteiger partial charge in [-0.05, 0) is 87.3 Å². The molecule has 17 amide bonds. The van der Waals surface area contributed by atoms with E-state index >= 15 is 33.6 Å². The number of aromatic hydroxyl groups is 1. The molecule has 3 fully saturated rings. The number of ether oxygens (including phenoxy) is 1. The number of para-hydroxylation sites is 1. The standard InChI is InChI=1S/C88H120N22O22S/c1-9-11-18-66-82(125)98-46(3)76(119)105-65(79(122)96-40-73(91)117)43-133-44-74(118)99-60(28-48-21-23-53(112)24-22-48)84(127)106(5)47(4)77(120)102-62(35-72(90)116)87(130)109-27-15-20-67(109)83(126)101-59(32-52-38-92-45-97-52)80(123)100-58(25-26-71(89)115)86(129)110-41-54(113)33-69(110)70(114)31-49(29-50-36-93-57-17-14-13-16-55(50)57)78(121)104-64(42-111)81(124)103-61(30-51-37-94-63-39-95-75(132-8)34-56(51)63)85(128)108(7)68(19-12-10-2)88(131)107(66)6/h13-14,16-17,21-24,34,36-39,45-47,49,54,58-62,64-69,93-94,111-113H,9-12,15,18-20,25-33,35,40-44H2,1-8H3,(H2,89,115)(H2,90,116)(H2,91,117)(H,92,97)(H,96,122)(H,98,125)(H,99,118)(H,100,123)(H,101,126)(H,102,120)(H,103,124)(H,104,121)(H,105,119)/t46-,47-,49+,54+,58-,59-,60-,61-,62-,64-,65-,66-,67?,68-,69-/m0/s1. The van der Waals surface area contributed by atoms with E-state index in [9.17, 15) is 68.1 Å². The lowest BCUT2D eigenvalue weighted by Gasteiger charge is -2.36. The molecule has 6 aromatic rings. The number of nitrogens with one attached hydrogen (secondary N) is 12. The fourth-order valence-electron chi connectivity index (χ4n) is 16.3. The summed E-state index contributed by atoms with van der Waals surface area (Å²) in [5.41, 5.74) is 19.4. The number of phenols is 1. The number of hydrogen-bond donors (Lipinski definition) is 18. The summed E-state index contributed by atoms with van der Waals surface area (Å²) in [6, 6.07) is -6.50. The molecule has 0 spiro atoms. The number of rotatable bonds is 24. The highest BCUT2D eigenvalue weighted by Gasteiger charge is 2.47. The van der Waals surface area contributed by atoms with Gasteiger partial charge in [0.05, 0.1) is 62.6 Å². The molecule has 3 saturated heterocycles. The first-order valence-electron chi connectivity index (χ1n) is 44.0. The Morgan fingerprint density at radius 1 is 0.586 bits per heavy atom. The van der Waals surface area contributed by atoms with Gasteiger partial charge in [-0.2, -0.15) is 0 Å². The monoisotopic (exact) mass is 1870 g/mol. The summed E-state index contributed by atoms with van der Waals surface area (Å²) < 4.78 is 5.44. The minimum Gasteiger partial charge on any atom is -0.508 e. The predicted octanol–water partition coefficient (Wildman–Crippen LogP) is -3.46. The summed E-state index contributed by atoms with van der Waals surface area (Å²) in [6.07, 6.45) is 3.22. The van der Waals surface area contributed by atoms with Crippen molar-refractivity contribution >= 4 is 140 Å². The van der Waals surface area contributed by atoms with Gasteiger partial charge in [0.1, 0.15) is 78.3 Å². The number of H-pyrrole nitrogens is 3. The number of unbranched alkanes of at least 4 members (excludes halogenated alkanes) is 2. The topological polar surface area (TPSA) is 653 Å². The third-order valence-corrected chi connectivity index (χ3v) is 24.9. The number of primary amides is 3. The molecule has 3 aliphatic rings. The van der Waals surface area contributed by atoms with Crippen molar-refractivity contribution in [2.75, 3.05) is 66.0 Å². The number of carbonyl (C=O) groups is 18. The maximum atomic E-state index is 15.7. The molecule has 0 saturated carbocycles. The van der Waals surface area contributed by atoms with E-state index in [1.54, 1.807) is 42.7 Å². The van der Waals surface area contributed by atoms with Gasteiger partial charge in [-0.3, -0.25) is 86.3 Å². The van der Waals surface area contributed by atoms with Crippen LogP contribution in [-0.2, 0) is 112 Å². The van der Waals surface area contributed by atoms with Crippen molar-refractivity contribution in [3.05, 3.63) is 108 Å². The highest BCUT2D eigenvalue weighted by molar-refractivity contribution is 8.00. The van der Waals surface area contributed by atoms with E-state index in [0.29, 0.717) is 64.2 Å². The van der Waals surface area contributed by atoms with Gasteiger partial charge in [-0.15, -0.1) is 11.8 Å². The van der Waals surface area contributed by atoms with Gasteiger partial charge in [-0.1, -0.05) is 69.9 Å². The van der Waals surface area contributed by atoms with Crippen molar-refractivity contribution in [2.24, 2.45) is 23.1 Å². The molecule has 0 bridgehead atoms. The van der Waals surface area contributed by atoms with Gasteiger partial charge in [0.2, 0.25) is 106 Å². The largest absolute Gasteiger partial charge is 0.508 e. The molecule has 720 valence electrons. The number of fused-ring (bicyclic) bond motifs is 4. The number of likely N-dealkylation sites (N-methyl/N-ethyl adjacent to an activating group) is 3. The number of amides is 17. The number of phenolic OH excluding ortho intramolecular Hbond substituents is 1. The van der Waals surface area contributed by atoms with E-state index in [1.165, 1.54) is 85.1 Å². The maximum absolute atomic E-state index is 15.7. The molecule has 9 rings (SSSR count). The van der Waals surface area contributed by atoms with Gasteiger partial charge in [0.15, 0.2) is 5.78 Å². The van der Waals surface area contributed by atoms with Crippen molar-refractivity contribution in [3.8, 4) is 11.6 Å². The quantitative estimate of drug-likeness (QED) is 0.0280. The number of carbonyl (C=O) groups excluding carboxylic acids is 18. The molecule has 15 atom stereocenters. The number of Topliss-reactive ketones (excluding diaryl/α,β-unsaturated/α-hetero) is 1. The lowest BCUT2D eigenvalue weighted by Crippen LogP contribution is -2.60. The molecule has 44 nitrogen and oxygen atoms in total. The second kappa shape index (κ2) is 48.5. The Morgan fingerprint density at radius 3 is 1.87 bits per heavy atom. The van der Waals surface area contributed by atoms with Crippen LogP contribution in [0.1, 0.15) is 134 Å². The van der Waals surface area contributed by atoms with Crippen LogP contribution in [-0.4, -0.2) is 322 Å². The van der Waals surface area contributed by atoms with Crippen molar-refractivity contribution in [3.63, 3.8) is 0 Å². The van der Waals surface area contributed by atoms with Gasteiger partial charge < -0.3 is 125 Å². The second-order valence-electron chi connectivity index (χ2n) is 33.6. The van der Waals surface area contributed by atoms with Crippen molar-refractivity contribution in [1.82, 2.24) is 97.3 Å². The number of nitrogens with zero attached hydrogens (tertiary/aromatic N) is 7. The number of aliphatic hydroxyl groups is 2. The molecule has 0 aliphatic carbocycles. The van der Waals surface area contributed by atoms with E-state index in [1.807, 2.05) is 13.8 Å². The SMILES string of the molecule is CCCC[C@H]1C(=O)N(C)[C@@H](CCCC)C(=O)N[C@@H](C)C(=O)N[C@H](C(=O)NCC(N)=O)CSCC(=O)N[C@@H](Cc2ccc(O)cc2)C(=O)N(C)[C@@H](C)C(=O)N[C@@H](CC(N)=O)C(=O)N2CCCC2C(=O)N[C@@H](Cc2cnc[nH]2)C(=O)N[C@@H](CCC(N)=O)C(=O)N2C[C@H](O)C[C@H]2C(=O)C[C@@H](Cc2c[nH]c3ccccc23)C(=O)N[C@@H](CO)C(=O)N[C@@H](Cc2c[nH]c3cnc(OC)cc23)C(=O)N1C. The molecule has 0 radical (unpaired) electrons. The number of aliphatic hydroxyl groups excluding tert-OH is 2. The van der Waals surface area contributed by atoms with Crippen LogP contribution in [0.2, 0.25) is 0 Å². The number of pyridine rings is 1. The third kappa shape index (κ3) is 28.0. The first-order chi connectivity index (χ1) is 63.3. The zero-order valence-electron chi connectivity index (χ0n) is 75.4. The zero-order valence-corrected chi connectivity index (χ0v) is 76.2. The zero-order chi connectivity index (χ0) is 97.2. The number of aromatic amines is 3. The van der Waals surface area contributed by atoms with Gasteiger partial charge in [-0.25, -0.2) is 9.97 Å². The van der Waals surface area contributed by atoms with Crippen LogP contribution < -0.4 is 69.8 Å². The summed E-state index contributed by atoms with van der Waals surface area (Å²) in [5.74, 6) is -19.6. The van der Waals surface area contributed by atoms with E-state index in [4.69, 9.17) is 21.9 Å². The molecule has 7 heterocycles. The van der Waals surface area contributed by atoms with Crippen LogP contribution in [0, 0.1) is 5.92 Å². The number of benzene rings is 2. The van der Waals surface area contributed by atoms with E-state index < -0.39 is 260 Å². The number of aromatic nitrogens is 5. The molecule has 133 heavy (non-hydrogen) atoms. The van der Waals surface area contributed by atoms with Crippen LogP contribution in [0.4, 0.5) is 0 Å². The third-order valence-electron chi connectivity index (χ3n) is 23.9. The number of methoxy groups -OCH3 is 1. The molecule has 3 aliphatic heterocycles. The summed E-state index contributed by atoms with van der Waals surface area (Å²) in [6.45, 7) is 3.69. The summed E-state index contributed by atoms with van der Waals surface area (Å²) in [7, 11) is 5.25. The number of nitrogens with two attached hydrogens (primary N) is 3. The molecule has 1 unspecified atom stereocenters. The Bertz CT molecular complexity index is 5210. The Hall–Kier alpha value is -13.6. The van der Waals surface area contributed by atoms with Crippen molar-refractivity contribution < 1.29 is 106 Å². The highest BCUT2D eigenvalue weighted by Crippen LogP contribution is 2.30. The molecular formula is C88H120N22O22S. The summed E-state index contributed by atoms with van der Waals surface area (Å²) in [4.78, 5) is 284. The first-order valence-corrected chi connectivity index (χ1v) is 45.1. The fraction of sp³-hybridized carbons (Fsp3) is 0.523. The smallest absolute Gasteiger partial charge is 0.246 e. The lowest BCUT2D eigenvalue weighted by atomic mass is 9.90. The van der Waals surface area contributed by atoms with Crippen LogP contribution in [0.15, 0.2) is 85.7 Å². The number of hydrogen-bond acceptors (Lipinski definition) is 25. The fourth-order valence-corrected chi connectivity index (χ4v) is 17.1. The number of imidazole rings is 1. The molecule has 4 aromatic heterocycles. The van der Waals surface area contributed by atoms with Crippen LogP contribution in [0.5, 0.6) is 11.6 Å². The first kappa shape index (κ1) is 103. The molecule has 21 N–H and O–H groups in total. The summed E-state index contributed by atoms with van der Waals surface area (Å²) >= 11 is 0.767. The number of thioether (sulfide) groups is 1. The predicted molar refractivity (Wildman–Crippen MR) is 481 cm³/mol. The Morgan fingerprint density at radius 2 is 1.21 bits per heavy atom. The molecule has 45 heteroatoms. The summed E-state index contributed by atoms with van der Waals surface area (Å²) in [5, 5.41) is 57.2. The minimum atomic E-state index is -1.90. The average molecular weight is 1870 g/mol. The highest BCUT2D eigenvalue weighted by atomic mass is 32.2. The molecule has 2 aromatic carbocycles. The van der Waals surface area contributed by atoms with Gasteiger partial charge in [0.25, 0.3) is 0 Å². The van der Waals surface area contributed by atoms with E-state index in [2.05, 4.69) is 72.8 Å². The number of ketones is 1. The van der Waals surface area contributed by atoms with E-state index in [-0.39, 0.29) is 75.2 Å². The van der Waals surface area contributed by atoms with Gasteiger partial charge in [0, 0.05) is 131 Å². The Labute approximate surface area is 770 Å². The van der Waals surface area contributed by atoms with Gasteiger partial charge >= 0.3 is 0 Å². The average Bonchev–Trinajstić information content (AvgIpc) is 1.72. The Balaban J connectivity index is 1.09.